The van der Waals surface area contributed by atoms with Gasteiger partial charge in [0.1, 0.15) is 12.1 Å². The maximum Gasteiger partial charge on any atom is 0.251 e. The van der Waals surface area contributed by atoms with Crippen molar-refractivity contribution in [3.05, 3.63) is 76.2 Å². The van der Waals surface area contributed by atoms with Gasteiger partial charge in [-0.05, 0) is 48.5 Å². The highest BCUT2D eigenvalue weighted by Gasteiger charge is 2.09. The van der Waals surface area contributed by atoms with E-state index in [0.717, 1.165) is 17.0 Å². The van der Waals surface area contributed by atoms with E-state index in [2.05, 4.69) is 15.3 Å². The smallest absolute Gasteiger partial charge is 0.251 e. The van der Waals surface area contributed by atoms with Crippen LogP contribution >= 0.6 is 23.2 Å². The largest absolute Gasteiger partial charge is 0.497 e. The number of carbonyl (C=O) groups excluding carboxylic acids is 1. The number of ether oxygens (including phenoxy) is 1. The minimum Gasteiger partial charge on any atom is -0.497 e. The van der Waals surface area contributed by atoms with E-state index < -0.39 is 0 Å². The first kappa shape index (κ1) is 18.2. The second-order valence-electron chi connectivity index (χ2n) is 5.46. The molecule has 5 nitrogen and oxygen atoms in total. The molecule has 0 spiro atoms. The van der Waals surface area contributed by atoms with Gasteiger partial charge < -0.3 is 10.1 Å². The van der Waals surface area contributed by atoms with Crippen molar-refractivity contribution in [1.82, 2.24) is 15.3 Å². The highest BCUT2D eigenvalue weighted by molar-refractivity contribution is 6.35. The normalized spacial score (nSPS) is 10.4. The number of methoxy groups -OCH3 is 1. The lowest BCUT2D eigenvalue weighted by molar-refractivity contribution is 0.0950. The number of hydrogen-bond acceptors (Lipinski definition) is 4. The van der Waals surface area contributed by atoms with E-state index in [0.29, 0.717) is 21.3 Å². The molecule has 1 amide bonds. The van der Waals surface area contributed by atoms with E-state index in [1.165, 1.54) is 6.33 Å². The van der Waals surface area contributed by atoms with Crippen molar-refractivity contribution in [3.8, 4) is 17.0 Å². The monoisotopic (exact) mass is 387 g/mol. The number of rotatable bonds is 5. The Morgan fingerprint density at radius 2 is 1.73 bits per heavy atom. The molecule has 0 unspecified atom stereocenters. The third kappa shape index (κ3) is 4.50. The van der Waals surface area contributed by atoms with Gasteiger partial charge in [-0.15, -0.1) is 0 Å². The molecule has 0 aliphatic rings. The zero-order valence-corrected chi connectivity index (χ0v) is 15.4. The van der Waals surface area contributed by atoms with Crippen LogP contribution in [0.4, 0.5) is 0 Å². The molecule has 0 bridgehead atoms. The molecule has 0 atom stereocenters. The Hall–Kier alpha value is -2.63. The maximum atomic E-state index is 12.3. The number of aromatic nitrogens is 2. The summed E-state index contributed by atoms with van der Waals surface area (Å²) in [6.45, 7) is 0.259. The molecule has 26 heavy (non-hydrogen) atoms. The van der Waals surface area contributed by atoms with Crippen LogP contribution in [-0.4, -0.2) is 23.0 Å². The van der Waals surface area contributed by atoms with Crippen LogP contribution in [0.3, 0.4) is 0 Å². The fourth-order valence-electron chi connectivity index (χ4n) is 2.37. The highest BCUT2D eigenvalue weighted by Crippen LogP contribution is 2.21. The van der Waals surface area contributed by atoms with Crippen molar-refractivity contribution >= 4 is 29.1 Å². The summed E-state index contributed by atoms with van der Waals surface area (Å²) in [7, 11) is 1.62. The molecule has 2 aromatic carbocycles. The molecule has 0 radical (unpaired) electrons. The van der Waals surface area contributed by atoms with Gasteiger partial charge in [0, 0.05) is 21.2 Å². The summed E-state index contributed by atoms with van der Waals surface area (Å²) in [5.41, 5.74) is 2.78. The zero-order valence-electron chi connectivity index (χ0n) is 13.9. The summed E-state index contributed by atoms with van der Waals surface area (Å²) in [6.07, 6.45) is 1.47. The van der Waals surface area contributed by atoms with Crippen molar-refractivity contribution in [3.63, 3.8) is 0 Å². The molecule has 0 aliphatic heterocycles. The summed E-state index contributed by atoms with van der Waals surface area (Å²) < 4.78 is 5.15. The number of hydrogen-bond donors (Lipinski definition) is 1. The van der Waals surface area contributed by atoms with E-state index >= 15 is 0 Å². The van der Waals surface area contributed by atoms with Gasteiger partial charge in [0.05, 0.1) is 25.0 Å². The third-order valence-corrected chi connectivity index (χ3v) is 4.10. The van der Waals surface area contributed by atoms with E-state index in [1.54, 1.807) is 25.3 Å². The van der Waals surface area contributed by atoms with Crippen molar-refractivity contribution in [2.75, 3.05) is 7.11 Å². The summed E-state index contributed by atoms with van der Waals surface area (Å²) >= 11 is 11.9. The molecule has 1 heterocycles. The summed E-state index contributed by atoms with van der Waals surface area (Å²) in [5.74, 6) is 0.495. The van der Waals surface area contributed by atoms with Crippen molar-refractivity contribution in [2.45, 2.75) is 6.54 Å². The lowest BCUT2D eigenvalue weighted by Crippen LogP contribution is -2.23. The number of nitrogens with one attached hydrogen (secondary N) is 1. The van der Waals surface area contributed by atoms with Crippen molar-refractivity contribution < 1.29 is 9.53 Å². The Kier molecular flexibility index (Phi) is 5.71. The molecule has 1 aromatic heterocycles. The Bertz CT molecular complexity index is 910. The van der Waals surface area contributed by atoms with E-state index in [9.17, 15) is 4.79 Å². The van der Waals surface area contributed by atoms with Crippen LogP contribution in [0.25, 0.3) is 11.3 Å². The van der Waals surface area contributed by atoms with Gasteiger partial charge in [0.15, 0.2) is 0 Å². The fraction of sp³-hybridized carbons (Fsp3) is 0.105. The molecule has 3 aromatic rings. The standard InChI is InChI=1S/C19H15Cl2N3O2/c1-26-17-4-2-12(3-5-17)18-9-16(23-11-24-18)10-22-19(25)13-6-14(20)8-15(21)7-13/h2-9,11H,10H2,1H3,(H,22,25). The molecular weight excluding hydrogens is 373 g/mol. The Morgan fingerprint density at radius 3 is 2.38 bits per heavy atom. The van der Waals surface area contributed by atoms with E-state index in [-0.39, 0.29) is 12.5 Å². The number of carbonyl (C=O) groups is 1. The Morgan fingerprint density at radius 1 is 1.04 bits per heavy atom. The minimum atomic E-state index is -0.279. The fourth-order valence-corrected chi connectivity index (χ4v) is 2.90. The van der Waals surface area contributed by atoms with Crippen LogP contribution in [0.5, 0.6) is 5.75 Å². The van der Waals surface area contributed by atoms with Crippen LogP contribution in [0, 0.1) is 0 Å². The third-order valence-electron chi connectivity index (χ3n) is 3.66. The summed E-state index contributed by atoms with van der Waals surface area (Å²) in [6, 6.07) is 14.1. The Labute approximate surface area is 161 Å². The average molecular weight is 388 g/mol. The van der Waals surface area contributed by atoms with Crippen molar-refractivity contribution in [1.29, 1.82) is 0 Å². The summed E-state index contributed by atoms with van der Waals surface area (Å²) in [5, 5.41) is 3.62. The first-order valence-electron chi connectivity index (χ1n) is 7.75. The number of nitrogens with zero attached hydrogens (tertiary/aromatic N) is 2. The molecule has 0 saturated heterocycles. The van der Waals surface area contributed by atoms with Gasteiger partial charge in [0.25, 0.3) is 5.91 Å². The quantitative estimate of drug-likeness (QED) is 0.704. The Balaban J connectivity index is 1.71. The SMILES string of the molecule is COc1ccc(-c2cc(CNC(=O)c3cc(Cl)cc(Cl)c3)ncn2)cc1. The van der Waals surface area contributed by atoms with Gasteiger partial charge in [-0.1, -0.05) is 23.2 Å². The van der Waals surface area contributed by atoms with Crippen molar-refractivity contribution in [2.24, 2.45) is 0 Å². The van der Waals surface area contributed by atoms with E-state index in [1.807, 2.05) is 30.3 Å². The molecular formula is C19H15Cl2N3O2. The first-order valence-corrected chi connectivity index (χ1v) is 8.50. The molecule has 0 fully saturated rings. The molecule has 7 heteroatoms. The van der Waals surface area contributed by atoms with Crippen LogP contribution in [0.15, 0.2) is 54.9 Å². The minimum absolute atomic E-state index is 0.259. The predicted octanol–water partition coefficient (Wildman–Crippen LogP) is 4.39. The van der Waals surface area contributed by atoms with Crippen LogP contribution in [-0.2, 0) is 6.54 Å². The topological polar surface area (TPSA) is 64.1 Å². The lowest BCUT2D eigenvalue weighted by Gasteiger charge is -2.07. The first-order chi connectivity index (χ1) is 12.5. The molecule has 0 saturated carbocycles. The van der Waals surface area contributed by atoms with Gasteiger partial charge in [-0.25, -0.2) is 9.97 Å². The number of halogens is 2. The second-order valence-corrected chi connectivity index (χ2v) is 6.34. The molecule has 1 N–H and O–H groups in total. The van der Waals surface area contributed by atoms with Gasteiger partial charge in [0.2, 0.25) is 0 Å². The van der Waals surface area contributed by atoms with Gasteiger partial charge in [-0.2, -0.15) is 0 Å². The van der Waals surface area contributed by atoms with Crippen LogP contribution < -0.4 is 10.1 Å². The second kappa shape index (κ2) is 8.17. The van der Waals surface area contributed by atoms with Gasteiger partial charge in [-0.3, -0.25) is 4.79 Å². The van der Waals surface area contributed by atoms with Gasteiger partial charge >= 0.3 is 0 Å². The van der Waals surface area contributed by atoms with Crippen LogP contribution in [0.1, 0.15) is 16.1 Å². The number of amides is 1. The lowest BCUT2D eigenvalue weighted by atomic mass is 10.1. The maximum absolute atomic E-state index is 12.3. The predicted molar refractivity (Wildman–Crippen MR) is 102 cm³/mol. The van der Waals surface area contributed by atoms with E-state index in [4.69, 9.17) is 27.9 Å². The van der Waals surface area contributed by atoms with Crippen LogP contribution in [0.2, 0.25) is 10.0 Å². The molecule has 3 rings (SSSR count). The zero-order chi connectivity index (χ0) is 18.5. The summed E-state index contributed by atoms with van der Waals surface area (Å²) in [4.78, 5) is 20.7. The number of benzene rings is 2. The highest BCUT2D eigenvalue weighted by atomic mass is 35.5. The molecule has 132 valence electrons. The molecule has 0 aliphatic carbocycles. The average Bonchev–Trinajstić information content (AvgIpc) is 2.65.